The topological polar surface area (TPSA) is 58.3 Å². The average Bonchev–Trinajstić information content (AvgIpc) is 2.73. The Morgan fingerprint density at radius 1 is 1.14 bits per heavy atom. The second-order valence-corrected chi connectivity index (χ2v) is 5.62. The van der Waals surface area contributed by atoms with Crippen molar-refractivity contribution in [2.45, 2.75) is 13.3 Å². The summed E-state index contributed by atoms with van der Waals surface area (Å²) in [4.78, 5) is 14.0. The van der Waals surface area contributed by atoms with Crippen LogP contribution in [0.2, 0.25) is 0 Å². The number of hydrogen-bond acceptors (Lipinski definition) is 5. The Morgan fingerprint density at radius 3 is 2.90 bits per heavy atom. The van der Waals surface area contributed by atoms with E-state index in [1.165, 1.54) is 5.69 Å². The molecule has 0 radical (unpaired) electrons. The third kappa shape index (κ3) is 3.14. The van der Waals surface area contributed by atoms with Gasteiger partial charge in [-0.15, -0.1) is 0 Å². The Balaban J connectivity index is 1.88. The molecular weight excluding hydrogens is 262 g/mol. The van der Waals surface area contributed by atoms with E-state index in [0.717, 1.165) is 62.4 Å². The molecule has 0 aliphatic carbocycles. The van der Waals surface area contributed by atoms with E-state index in [4.69, 9.17) is 10.7 Å². The van der Waals surface area contributed by atoms with Crippen LogP contribution in [0.3, 0.4) is 0 Å². The van der Waals surface area contributed by atoms with Crippen LogP contribution in [0.25, 0.3) is 11.0 Å². The lowest BCUT2D eigenvalue weighted by atomic mass is 10.2. The van der Waals surface area contributed by atoms with Crippen molar-refractivity contribution in [3.8, 4) is 0 Å². The van der Waals surface area contributed by atoms with E-state index in [2.05, 4.69) is 26.9 Å². The minimum absolute atomic E-state index is 0.735. The van der Waals surface area contributed by atoms with Crippen molar-refractivity contribution < 1.29 is 0 Å². The molecule has 0 bridgehead atoms. The van der Waals surface area contributed by atoms with E-state index in [9.17, 15) is 0 Å². The van der Waals surface area contributed by atoms with Crippen LogP contribution in [0.5, 0.6) is 0 Å². The fourth-order valence-corrected chi connectivity index (χ4v) is 2.98. The van der Waals surface area contributed by atoms with Gasteiger partial charge in [-0.2, -0.15) is 0 Å². The standard InChI is InChI=1S/C16H23N5/c1-13-3-4-14-16(19-13)15(5-7-18-14)21-9-2-8-20(10-6-17)11-12-21/h3-5,7H,2,6,8-12,17H2,1H3. The molecule has 5 nitrogen and oxygen atoms in total. The van der Waals surface area contributed by atoms with Gasteiger partial charge in [-0.25, -0.2) is 4.98 Å². The zero-order chi connectivity index (χ0) is 14.7. The Labute approximate surface area is 125 Å². The number of aryl methyl sites for hydroxylation is 1. The summed E-state index contributed by atoms with van der Waals surface area (Å²) in [5.74, 6) is 0. The van der Waals surface area contributed by atoms with Gasteiger partial charge in [0.1, 0.15) is 5.52 Å². The molecule has 0 spiro atoms. The SMILES string of the molecule is Cc1ccc2nccc(N3CCCN(CCN)CC3)c2n1. The quantitative estimate of drug-likeness (QED) is 0.924. The Kier molecular flexibility index (Phi) is 4.31. The summed E-state index contributed by atoms with van der Waals surface area (Å²) in [6.07, 6.45) is 3.05. The highest BCUT2D eigenvalue weighted by atomic mass is 15.2. The maximum absolute atomic E-state index is 5.67. The van der Waals surface area contributed by atoms with Gasteiger partial charge in [0.15, 0.2) is 0 Å². The van der Waals surface area contributed by atoms with Crippen molar-refractivity contribution in [2.24, 2.45) is 5.73 Å². The Morgan fingerprint density at radius 2 is 2.05 bits per heavy atom. The zero-order valence-electron chi connectivity index (χ0n) is 12.6. The Bertz CT molecular complexity index is 613. The molecule has 21 heavy (non-hydrogen) atoms. The van der Waals surface area contributed by atoms with Gasteiger partial charge in [-0.1, -0.05) is 0 Å². The zero-order valence-corrected chi connectivity index (χ0v) is 12.6. The van der Waals surface area contributed by atoms with E-state index >= 15 is 0 Å². The molecule has 2 N–H and O–H groups in total. The van der Waals surface area contributed by atoms with Crippen LogP contribution in [-0.2, 0) is 0 Å². The second kappa shape index (κ2) is 6.37. The summed E-state index contributed by atoms with van der Waals surface area (Å²) in [5.41, 5.74) is 9.91. The van der Waals surface area contributed by atoms with Gasteiger partial charge in [-0.3, -0.25) is 4.98 Å². The largest absolute Gasteiger partial charge is 0.368 e. The van der Waals surface area contributed by atoms with Crippen LogP contribution in [0.1, 0.15) is 12.1 Å². The lowest BCUT2D eigenvalue weighted by Gasteiger charge is -2.24. The number of anilines is 1. The number of aromatic nitrogens is 2. The van der Waals surface area contributed by atoms with Crippen molar-refractivity contribution in [1.29, 1.82) is 0 Å². The van der Waals surface area contributed by atoms with Gasteiger partial charge in [0.05, 0.1) is 11.2 Å². The van der Waals surface area contributed by atoms with Gasteiger partial charge in [0.25, 0.3) is 0 Å². The van der Waals surface area contributed by atoms with E-state index in [1.807, 2.05) is 19.2 Å². The highest BCUT2D eigenvalue weighted by Gasteiger charge is 2.17. The third-order valence-corrected chi connectivity index (χ3v) is 4.08. The highest BCUT2D eigenvalue weighted by molar-refractivity contribution is 5.87. The maximum Gasteiger partial charge on any atom is 0.112 e. The fraction of sp³-hybridized carbons (Fsp3) is 0.500. The first-order chi connectivity index (χ1) is 10.3. The van der Waals surface area contributed by atoms with E-state index in [1.54, 1.807) is 0 Å². The molecule has 0 amide bonds. The summed E-state index contributed by atoms with van der Waals surface area (Å²) < 4.78 is 0. The summed E-state index contributed by atoms with van der Waals surface area (Å²) in [6, 6.07) is 6.16. The van der Waals surface area contributed by atoms with Crippen molar-refractivity contribution in [3.63, 3.8) is 0 Å². The molecule has 112 valence electrons. The van der Waals surface area contributed by atoms with Crippen molar-refractivity contribution in [1.82, 2.24) is 14.9 Å². The molecule has 3 rings (SSSR count). The van der Waals surface area contributed by atoms with Gasteiger partial charge >= 0.3 is 0 Å². The predicted molar refractivity (Wildman–Crippen MR) is 86.6 cm³/mol. The first-order valence-corrected chi connectivity index (χ1v) is 7.67. The number of rotatable bonds is 3. The molecule has 3 heterocycles. The number of hydrogen-bond donors (Lipinski definition) is 1. The molecule has 0 aromatic carbocycles. The van der Waals surface area contributed by atoms with Gasteiger partial charge in [0, 0.05) is 44.6 Å². The molecule has 0 saturated carbocycles. The van der Waals surface area contributed by atoms with E-state index < -0.39 is 0 Å². The molecule has 2 aromatic heterocycles. The minimum Gasteiger partial charge on any atom is -0.368 e. The molecule has 5 heteroatoms. The minimum atomic E-state index is 0.735. The number of nitrogens with zero attached hydrogens (tertiary/aromatic N) is 4. The number of nitrogens with two attached hydrogens (primary N) is 1. The summed E-state index contributed by atoms with van der Waals surface area (Å²) >= 11 is 0. The summed E-state index contributed by atoms with van der Waals surface area (Å²) in [6.45, 7) is 8.03. The number of pyridine rings is 2. The molecule has 2 aromatic rings. The van der Waals surface area contributed by atoms with Crippen LogP contribution < -0.4 is 10.6 Å². The smallest absolute Gasteiger partial charge is 0.112 e. The van der Waals surface area contributed by atoms with Crippen molar-refractivity contribution in [3.05, 3.63) is 30.1 Å². The lowest BCUT2D eigenvalue weighted by Crippen LogP contribution is -2.34. The molecule has 1 fully saturated rings. The van der Waals surface area contributed by atoms with Gasteiger partial charge in [0.2, 0.25) is 0 Å². The Hall–Kier alpha value is -1.72. The average molecular weight is 285 g/mol. The lowest BCUT2D eigenvalue weighted by molar-refractivity contribution is 0.302. The normalized spacial score (nSPS) is 17.1. The molecule has 1 saturated heterocycles. The first kappa shape index (κ1) is 14.2. The molecule has 1 aliphatic rings. The molecule has 0 atom stereocenters. The van der Waals surface area contributed by atoms with Crippen LogP contribution in [0, 0.1) is 6.92 Å². The van der Waals surface area contributed by atoms with Crippen molar-refractivity contribution >= 4 is 16.7 Å². The highest BCUT2D eigenvalue weighted by Crippen LogP contribution is 2.24. The fourth-order valence-electron chi connectivity index (χ4n) is 2.98. The van der Waals surface area contributed by atoms with Crippen molar-refractivity contribution in [2.75, 3.05) is 44.2 Å². The van der Waals surface area contributed by atoms with Gasteiger partial charge in [-0.05, 0) is 38.1 Å². The van der Waals surface area contributed by atoms with E-state index in [0.29, 0.717) is 0 Å². The second-order valence-electron chi connectivity index (χ2n) is 5.62. The predicted octanol–water partition coefficient (Wildman–Crippen LogP) is 1.41. The van der Waals surface area contributed by atoms with Gasteiger partial charge < -0.3 is 15.5 Å². The third-order valence-electron chi connectivity index (χ3n) is 4.08. The van der Waals surface area contributed by atoms with Crippen LogP contribution in [0.4, 0.5) is 5.69 Å². The molecule has 0 unspecified atom stereocenters. The van der Waals surface area contributed by atoms with Crippen LogP contribution >= 0.6 is 0 Å². The summed E-state index contributed by atoms with van der Waals surface area (Å²) in [5, 5.41) is 0. The van der Waals surface area contributed by atoms with Crippen LogP contribution in [0.15, 0.2) is 24.4 Å². The maximum atomic E-state index is 5.67. The number of fused-ring (bicyclic) bond motifs is 1. The van der Waals surface area contributed by atoms with Crippen LogP contribution in [-0.4, -0.2) is 54.1 Å². The molecular formula is C16H23N5. The monoisotopic (exact) mass is 285 g/mol. The molecule has 1 aliphatic heterocycles. The van der Waals surface area contributed by atoms with E-state index in [-0.39, 0.29) is 0 Å². The first-order valence-electron chi connectivity index (χ1n) is 7.67. The summed E-state index contributed by atoms with van der Waals surface area (Å²) in [7, 11) is 0.